The summed E-state index contributed by atoms with van der Waals surface area (Å²) in [5, 5.41) is 18.4. The lowest BCUT2D eigenvalue weighted by atomic mass is 10.0. The normalized spacial score (nSPS) is 17.5. The van der Waals surface area contributed by atoms with Crippen LogP contribution in [0.1, 0.15) is 11.1 Å². The third kappa shape index (κ3) is 1.48. The van der Waals surface area contributed by atoms with Gasteiger partial charge in [-0.2, -0.15) is 0 Å². The predicted octanol–water partition coefficient (Wildman–Crippen LogP) is 0.879. The summed E-state index contributed by atoms with van der Waals surface area (Å²) in [6, 6.07) is 1.87. The van der Waals surface area contributed by atoms with Gasteiger partial charge in [-0.3, -0.25) is 0 Å². The number of fused-ring (bicyclic) bond motifs is 1. The van der Waals surface area contributed by atoms with Gasteiger partial charge in [0.2, 0.25) is 0 Å². The number of benzene rings is 1. The van der Waals surface area contributed by atoms with Gasteiger partial charge >= 0.3 is 5.97 Å². The van der Waals surface area contributed by atoms with Crippen molar-refractivity contribution < 1.29 is 23.8 Å². The maximum Gasteiger partial charge on any atom is 0.336 e. The SMILES string of the molecule is O=C(O)C1(O)Cc2cc(F)c(F)cc2C1. The average molecular weight is 214 g/mol. The summed E-state index contributed by atoms with van der Waals surface area (Å²) in [7, 11) is 0. The van der Waals surface area contributed by atoms with Crippen LogP contribution in [0.25, 0.3) is 0 Å². The Hall–Kier alpha value is -1.49. The molecule has 1 aromatic carbocycles. The molecule has 0 fully saturated rings. The van der Waals surface area contributed by atoms with E-state index in [2.05, 4.69) is 0 Å². The predicted molar refractivity (Wildman–Crippen MR) is 46.4 cm³/mol. The van der Waals surface area contributed by atoms with Crippen LogP contribution in [0, 0.1) is 11.6 Å². The first-order chi connectivity index (χ1) is 6.92. The van der Waals surface area contributed by atoms with Crippen molar-refractivity contribution in [2.24, 2.45) is 0 Å². The number of carbonyl (C=O) groups is 1. The highest BCUT2D eigenvalue weighted by Gasteiger charge is 2.42. The van der Waals surface area contributed by atoms with E-state index in [1.165, 1.54) is 0 Å². The second kappa shape index (κ2) is 3.00. The summed E-state index contributed by atoms with van der Waals surface area (Å²) >= 11 is 0. The van der Waals surface area contributed by atoms with Crippen LogP contribution in [0.4, 0.5) is 8.78 Å². The average Bonchev–Trinajstić information content (AvgIpc) is 2.43. The Bertz CT molecular complexity index is 412. The van der Waals surface area contributed by atoms with Gasteiger partial charge in [0.05, 0.1) is 0 Å². The zero-order valence-electron chi connectivity index (χ0n) is 7.63. The Morgan fingerprint density at radius 2 is 1.60 bits per heavy atom. The van der Waals surface area contributed by atoms with Gasteiger partial charge in [0.1, 0.15) is 0 Å². The molecule has 1 aliphatic rings. The first-order valence-corrected chi connectivity index (χ1v) is 4.35. The number of aliphatic hydroxyl groups is 1. The molecule has 0 radical (unpaired) electrons. The van der Waals surface area contributed by atoms with Crippen LogP contribution in [-0.2, 0) is 17.6 Å². The number of hydrogen-bond donors (Lipinski definition) is 2. The van der Waals surface area contributed by atoms with Gasteiger partial charge in [0, 0.05) is 12.8 Å². The minimum absolute atomic E-state index is 0.186. The van der Waals surface area contributed by atoms with Crippen molar-refractivity contribution in [1.29, 1.82) is 0 Å². The van der Waals surface area contributed by atoms with Gasteiger partial charge in [-0.05, 0) is 23.3 Å². The van der Waals surface area contributed by atoms with Gasteiger partial charge in [-0.25, -0.2) is 13.6 Å². The number of halogens is 2. The van der Waals surface area contributed by atoms with Gasteiger partial charge in [0.15, 0.2) is 17.2 Å². The van der Waals surface area contributed by atoms with Gasteiger partial charge in [-0.1, -0.05) is 0 Å². The number of aliphatic carboxylic acids is 1. The Kier molecular flexibility index (Phi) is 2.01. The summed E-state index contributed by atoms with van der Waals surface area (Å²) in [5.41, 5.74) is -1.24. The number of carboxylic acid groups (broad SMARTS) is 1. The fourth-order valence-corrected chi connectivity index (χ4v) is 1.80. The molecular formula is C10H8F2O3. The molecule has 2 N–H and O–H groups in total. The zero-order chi connectivity index (χ0) is 11.2. The molecule has 0 saturated heterocycles. The molecule has 0 aromatic heterocycles. The monoisotopic (exact) mass is 214 g/mol. The van der Waals surface area contributed by atoms with E-state index in [0.29, 0.717) is 11.1 Å². The largest absolute Gasteiger partial charge is 0.479 e. The van der Waals surface area contributed by atoms with Crippen LogP contribution in [0.2, 0.25) is 0 Å². The zero-order valence-corrected chi connectivity index (χ0v) is 7.63. The molecule has 5 heteroatoms. The molecule has 0 spiro atoms. The highest BCUT2D eigenvalue weighted by Crippen LogP contribution is 2.31. The molecule has 1 aliphatic carbocycles. The van der Waals surface area contributed by atoms with Crippen molar-refractivity contribution in [2.75, 3.05) is 0 Å². The molecule has 80 valence electrons. The minimum Gasteiger partial charge on any atom is -0.479 e. The topological polar surface area (TPSA) is 57.5 Å². The Morgan fingerprint density at radius 1 is 1.20 bits per heavy atom. The maximum atomic E-state index is 12.8. The molecule has 15 heavy (non-hydrogen) atoms. The van der Waals surface area contributed by atoms with E-state index in [9.17, 15) is 18.7 Å². The van der Waals surface area contributed by atoms with E-state index in [4.69, 9.17) is 5.11 Å². The van der Waals surface area contributed by atoms with Crippen molar-refractivity contribution >= 4 is 5.97 Å². The quantitative estimate of drug-likeness (QED) is 0.729. The van der Waals surface area contributed by atoms with Crippen LogP contribution in [0.15, 0.2) is 12.1 Å². The van der Waals surface area contributed by atoms with Crippen LogP contribution >= 0.6 is 0 Å². The van der Waals surface area contributed by atoms with Crippen LogP contribution in [0.3, 0.4) is 0 Å². The van der Waals surface area contributed by atoms with Gasteiger partial charge < -0.3 is 10.2 Å². The number of hydrogen-bond acceptors (Lipinski definition) is 2. The Morgan fingerprint density at radius 3 is 1.93 bits per heavy atom. The van der Waals surface area contributed by atoms with Gasteiger partial charge in [-0.15, -0.1) is 0 Å². The molecule has 3 nitrogen and oxygen atoms in total. The number of rotatable bonds is 1. The van der Waals surface area contributed by atoms with Crippen molar-refractivity contribution in [3.8, 4) is 0 Å². The summed E-state index contributed by atoms with van der Waals surface area (Å²) in [5.74, 6) is -3.42. The molecule has 2 rings (SSSR count). The lowest BCUT2D eigenvalue weighted by Gasteiger charge is -2.14. The third-order valence-corrected chi connectivity index (χ3v) is 2.61. The summed E-state index contributed by atoms with van der Waals surface area (Å²) < 4.78 is 25.6. The molecule has 0 heterocycles. The lowest BCUT2D eigenvalue weighted by Crippen LogP contribution is -2.39. The Labute approximate surface area is 84.0 Å². The second-order valence-electron chi connectivity index (χ2n) is 3.73. The van der Waals surface area contributed by atoms with Crippen LogP contribution < -0.4 is 0 Å². The fourth-order valence-electron chi connectivity index (χ4n) is 1.80. The fraction of sp³-hybridized carbons (Fsp3) is 0.300. The van der Waals surface area contributed by atoms with Crippen molar-refractivity contribution in [3.05, 3.63) is 34.9 Å². The molecule has 0 bridgehead atoms. The minimum atomic E-state index is -1.93. The molecular weight excluding hydrogens is 206 g/mol. The summed E-state index contributed by atoms with van der Waals surface area (Å²) in [6.07, 6.45) is -0.371. The number of carboxylic acids is 1. The smallest absolute Gasteiger partial charge is 0.336 e. The molecule has 0 amide bonds. The molecule has 1 aromatic rings. The second-order valence-corrected chi connectivity index (χ2v) is 3.73. The highest BCUT2D eigenvalue weighted by atomic mass is 19.2. The van der Waals surface area contributed by atoms with E-state index < -0.39 is 23.2 Å². The third-order valence-electron chi connectivity index (χ3n) is 2.61. The molecule has 0 unspecified atom stereocenters. The van der Waals surface area contributed by atoms with Crippen molar-refractivity contribution in [3.63, 3.8) is 0 Å². The molecule has 0 atom stereocenters. The first-order valence-electron chi connectivity index (χ1n) is 4.35. The van der Waals surface area contributed by atoms with Crippen molar-refractivity contribution in [1.82, 2.24) is 0 Å². The van der Waals surface area contributed by atoms with E-state index in [1.54, 1.807) is 0 Å². The maximum absolute atomic E-state index is 12.8. The highest BCUT2D eigenvalue weighted by molar-refractivity contribution is 5.79. The van der Waals surface area contributed by atoms with Crippen LogP contribution in [-0.4, -0.2) is 21.8 Å². The Balaban J connectivity index is 2.43. The van der Waals surface area contributed by atoms with Crippen molar-refractivity contribution in [2.45, 2.75) is 18.4 Å². The van der Waals surface area contributed by atoms with E-state index in [0.717, 1.165) is 12.1 Å². The lowest BCUT2D eigenvalue weighted by molar-refractivity contribution is -0.157. The first kappa shape index (κ1) is 10.0. The van der Waals surface area contributed by atoms with Gasteiger partial charge in [0.25, 0.3) is 0 Å². The van der Waals surface area contributed by atoms with E-state index in [1.807, 2.05) is 0 Å². The van der Waals surface area contributed by atoms with E-state index in [-0.39, 0.29) is 12.8 Å². The van der Waals surface area contributed by atoms with E-state index >= 15 is 0 Å². The summed E-state index contributed by atoms with van der Waals surface area (Å²) in [6.45, 7) is 0. The van der Waals surface area contributed by atoms with Crippen LogP contribution in [0.5, 0.6) is 0 Å². The standard InChI is InChI=1S/C10H8F2O3/c11-7-1-5-3-10(15,9(13)14)4-6(5)2-8(7)12/h1-2,15H,3-4H2,(H,13,14). The summed E-state index contributed by atoms with van der Waals surface area (Å²) in [4.78, 5) is 10.7. The molecule has 0 aliphatic heterocycles. The molecule has 0 saturated carbocycles.